The zero-order valence-corrected chi connectivity index (χ0v) is 17.2. The summed E-state index contributed by atoms with van der Waals surface area (Å²) in [6.45, 7) is 2.04. The molecule has 0 saturated carbocycles. The Morgan fingerprint density at radius 3 is 2.52 bits per heavy atom. The SMILES string of the molecule is CCOC(=O)C(Oc1ccccc1-c1nc2ccccc2s1)c1ccc(Cl)cc1. The van der Waals surface area contributed by atoms with Crippen LogP contribution >= 0.6 is 22.9 Å². The van der Waals surface area contributed by atoms with Crippen LogP contribution in [0.15, 0.2) is 72.8 Å². The highest BCUT2D eigenvalue weighted by molar-refractivity contribution is 7.21. The lowest BCUT2D eigenvalue weighted by Gasteiger charge is -2.19. The van der Waals surface area contributed by atoms with Crippen molar-refractivity contribution >= 4 is 39.1 Å². The summed E-state index contributed by atoms with van der Waals surface area (Å²) in [5, 5.41) is 1.42. The highest BCUT2D eigenvalue weighted by atomic mass is 35.5. The minimum absolute atomic E-state index is 0.270. The highest BCUT2D eigenvalue weighted by Gasteiger charge is 2.26. The van der Waals surface area contributed by atoms with E-state index in [9.17, 15) is 4.79 Å². The molecule has 0 radical (unpaired) electrons. The molecule has 0 bridgehead atoms. The van der Waals surface area contributed by atoms with Gasteiger partial charge in [-0.3, -0.25) is 0 Å². The molecule has 0 fully saturated rings. The molecule has 29 heavy (non-hydrogen) atoms. The Bertz CT molecular complexity index is 1110. The smallest absolute Gasteiger partial charge is 0.352 e. The quantitative estimate of drug-likeness (QED) is 0.341. The molecule has 0 aliphatic rings. The Hall–Kier alpha value is -2.89. The zero-order valence-electron chi connectivity index (χ0n) is 15.7. The molecule has 4 rings (SSSR count). The molecule has 146 valence electrons. The summed E-state index contributed by atoms with van der Waals surface area (Å²) in [6.07, 6.45) is -0.900. The van der Waals surface area contributed by atoms with E-state index in [1.807, 2.05) is 48.5 Å². The summed E-state index contributed by atoms with van der Waals surface area (Å²) in [5.74, 6) is 0.119. The van der Waals surface area contributed by atoms with Crippen molar-refractivity contribution in [3.05, 3.63) is 83.4 Å². The topological polar surface area (TPSA) is 48.4 Å². The Balaban J connectivity index is 1.73. The van der Waals surface area contributed by atoms with Crippen LogP contribution in [0.4, 0.5) is 0 Å². The second kappa shape index (κ2) is 8.64. The van der Waals surface area contributed by atoms with Crippen molar-refractivity contribution in [3.8, 4) is 16.3 Å². The fourth-order valence-electron chi connectivity index (χ4n) is 2.97. The maximum Gasteiger partial charge on any atom is 0.352 e. The van der Waals surface area contributed by atoms with Gasteiger partial charge in [0.25, 0.3) is 0 Å². The number of carbonyl (C=O) groups excluding carboxylic acids is 1. The number of halogens is 1. The number of carbonyl (C=O) groups is 1. The van der Waals surface area contributed by atoms with Crippen LogP contribution in [0.5, 0.6) is 5.75 Å². The van der Waals surface area contributed by atoms with E-state index in [1.165, 1.54) is 0 Å². The third-order valence-corrected chi connectivity index (χ3v) is 5.65. The van der Waals surface area contributed by atoms with Crippen molar-refractivity contribution < 1.29 is 14.3 Å². The minimum atomic E-state index is -0.900. The van der Waals surface area contributed by atoms with Gasteiger partial charge in [-0.05, 0) is 43.3 Å². The fraction of sp³-hybridized carbons (Fsp3) is 0.130. The molecule has 1 atom stereocenters. The molecule has 4 nitrogen and oxygen atoms in total. The maximum absolute atomic E-state index is 12.6. The number of aromatic nitrogens is 1. The van der Waals surface area contributed by atoms with Crippen LogP contribution in [0.1, 0.15) is 18.6 Å². The fourth-order valence-corrected chi connectivity index (χ4v) is 4.09. The predicted octanol–water partition coefficient (Wildman–Crippen LogP) is 6.30. The van der Waals surface area contributed by atoms with Crippen LogP contribution in [0.2, 0.25) is 5.02 Å². The standard InChI is InChI=1S/C23H18ClNO3S/c1-2-27-23(26)21(15-11-13-16(24)14-12-15)28-19-9-5-3-7-17(19)22-25-18-8-4-6-10-20(18)29-22/h3-14,21H,2H2,1H3. The summed E-state index contributed by atoms with van der Waals surface area (Å²) in [4.78, 5) is 17.3. The molecule has 0 spiro atoms. The van der Waals surface area contributed by atoms with Gasteiger partial charge in [0.1, 0.15) is 10.8 Å². The van der Waals surface area contributed by atoms with Gasteiger partial charge in [0.2, 0.25) is 6.10 Å². The van der Waals surface area contributed by atoms with Gasteiger partial charge in [-0.1, -0.05) is 48.0 Å². The summed E-state index contributed by atoms with van der Waals surface area (Å²) in [5.41, 5.74) is 2.44. The molecule has 1 aromatic heterocycles. The van der Waals surface area contributed by atoms with Crippen LogP contribution in [0, 0.1) is 0 Å². The maximum atomic E-state index is 12.6. The molecule has 6 heteroatoms. The molecule has 4 aromatic rings. The second-order valence-electron chi connectivity index (χ2n) is 6.28. The first-order chi connectivity index (χ1) is 14.2. The molecule has 1 unspecified atom stereocenters. The minimum Gasteiger partial charge on any atom is -0.473 e. The van der Waals surface area contributed by atoms with Crippen molar-refractivity contribution in [2.45, 2.75) is 13.0 Å². The number of nitrogens with zero attached hydrogens (tertiary/aromatic N) is 1. The predicted molar refractivity (Wildman–Crippen MR) is 117 cm³/mol. The van der Waals surface area contributed by atoms with Gasteiger partial charge in [-0.15, -0.1) is 11.3 Å². The van der Waals surface area contributed by atoms with Crippen molar-refractivity contribution in [1.29, 1.82) is 0 Å². The number of para-hydroxylation sites is 2. The molecule has 0 saturated heterocycles. The summed E-state index contributed by atoms with van der Waals surface area (Å²) < 4.78 is 12.5. The lowest BCUT2D eigenvalue weighted by molar-refractivity contribution is -0.151. The molecular formula is C23H18ClNO3S. The Morgan fingerprint density at radius 2 is 1.76 bits per heavy atom. The number of fused-ring (bicyclic) bond motifs is 1. The van der Waals surface area contributed by atoms with E-state index in [-0.39, 0.29) is 6.61 Å². The third-order valence-electron chi connectivity index (χ3n) is 4.33. The van der Waals surface area contributed by atoms with E-state index >= 15 is 0 Å². The van der Waals surface area contributed by atoms with Gasteiger partial charge in [-0.2, -0.15) is 0 Å². The number of esters is 1. The van der Waals surface area contributed by atoms with E-state index in [0.717, 1.165) is 20.8 Å². The zero-order chi connectivity index (χ0) is 20.2. The van der Waals surface area contributed by atoms with E-state index < -0.39 is 12.1 Å². The van der Waals surface area contributed by atoms with E-state index in [4.69, 9.17) is 26.1 Å². The van der Waals surface area contributed by atoms with Crippen LogP contribution in [-0.4, -0.2) is 17.6 Å². The number of benzene rings is 3. The van der Waals surface area contributed by atoms with Crippen molar-refractivity contribution in [2.75, 3.05) is 6.61 Å². The Morgan fingerprint density at radius 1 is 1.03 bits per heavy atom. The molecule has 0 N–H and O–H groups in total. The Labute approximate surface area is 177 Å². The first-order valence-electron chi connectivity index (χ1n) is 9.19. The first kappa shape index (κ1) is 19.4. The lowest BCUT2D eigenvalue weighted by Crippen LogP contribution is -2.21. The summed E-state index contributed by atoms with van der Waals surface area (Å²) in [6, 6.07) is 22.5. The Kier molecular flexibility index (Phi) is 5.79. The third kappa shape index (κ3) is 4.26. The first-order valence-corrected chi connectivity index (χ1v) is 10.4. The number of rotatable bonds is 6. The molecular weight excluding hydrogens is 406 g/mol. The molecule has 3 aromatic carbocycles. The van der Waals surface area contributed by atoms with Gasteiger partial charge in [0.05, 0.1) is 22.4 Å². The van der Waals surface area contributed by atoms with Crippen molar-refractivity contribution in [1.82, 2.24) is 4.98 Å². The lowest BCUT2D eigenvalue weighted by atomic mass is 10.1. The second-order valence-corrected chi connectivity index (χ2v) is 7.75. The number of thiazole rings is 1. The van der Waals surface area contributed by atoms with Crippen LogP contribution in [0.25, 0.3) is 20.8 Å². The van der Waals surface area contributed by atoms with Crippen LogP contribution in [0.3, 0.4) is 0 Å². The van der Waals surface area contributed by atoms with Gasteiger partial charge < -0.3 is 9.47 Å². The van der Waals surface area contributed by atoms with E-state index in [1.54, 1.807) is 42.5 Å². The van der Waals surface area contributed by atoms with Crippen molar-refractivity contribution in [2.24, 2.45) is 0 Å². The van der Waals surface area contributed by atoms with Crippen LogP contribution < -0.4 is 4.74 Å². The summed E-state index contributed by atoms with van der Waals surface area (Å²) >= 11 is 7.58. The normalized spacial score (nSPS) is 11.9. The monoisotopic (exact) mass is 423 g/mol. The highest BCUT2D eigenvalue weighted by Crippen LogP contribution is 2.37. The number of hydrogen-bond donors (Lipinski definition) is 0. The van der Waals surface area contributed by atoms with Gasteiger partial charge >= 0.3 is 5.97 Å². The molecule has 1 heterocycles. The van der Waals surface area contributed by atoms with Gasteiger partial charge in [-0.25, -0.2) is 9.78 Å². The average Bonchev–Trinajstić information content (AvgIpc) is 3.17. The van der Waals surface area contributed by atoms with Crippen molar-refractivity contribution in [3.63, 3.8) is 0 Å². The van der Waals surface area contributed by atoms with E-state index in [2.05, 4.69) is 0 Å². The average molecular weight is 424 g/mol. The number of hydrogen-bond acceptors (Lipinski definition) is 5. The van der Waals surface area contributed by atoms with Gasteiger partial charge in [0, 0.05) is 10.6 Å². The van der Waals surface area contributed by atoms with Crippen LogP contribution in [-0.2, 0) is 9.53 Å². The molecule has 0 amide bonds. The van der Waals surface area contributed by atoms with Gasteiger partial charge in [0.15, 0.2) is 0 Å². The molecule has 0 aliphatic carbocycles. The summed E-state index contributed by atoms with van der Waals surface area (Å²) in [7, 11) is 0. The van der Waals surface area contributed by atoms with E-state index in [0.29, 0.717) is 16.3 Å². The molecule has 0 aliphatic heterocycles. The number of ether oxygens (including phenoxy) is 2. The largest absolute Gasteiger partial charge is 0.473 e.